The number of hydrogen-bond donors (Lipinski definition) is 1. The van der Waals surface area contributed by atoms with Crippen molar-refractivity contribution in [2.45, 2.75) is 25.6 Å². The third kappa shape index (κ3) is 4.29. The molecule has 13 heteroatoms. The molecule has 0 atom stereocenters. The number of alkyl halides is 3. The van der Waals surface area contributed by atoms with Gasteiger partial charge in [0.25, 0.3) is 5.91 Å². The Kier molecular flexibility index (Phi) is 6.10. The number of fused-ring (bicyclic) bond motifs is 1. The lowest BCUT2D eigenvalue weighted by Crippen LogP contribution is -2.54. The molecule has 0 aliphatic carbocycles. The van der Waals surface area contributed by atoms with E-state index in [-0.39, 0.29) is 5.82 Å². The molecule has 0 unspecified atom stereocenters. The lowest BCUT2D eigenvalue weighted by atomic mass is 10.0. The number of nitrogens with one attached hydrogen (secondary N) is 1. The number of nitrogens with zero attached hydrogens (tertiary/aromatic N) is 3. The zero-order chi connectivity index (χ0) is 25.7. The topological polar surface area (TPSA) is 67.2 Å². The van der Waals surface area contributed by atoms with Crippen molar-refractivity contribution in [2.24, 2.45) is 0 Å². The van der Waals surface area contributed by atoms with Gasteiger partial charge in [0.15, 0.2) is 28.9 Å². The van der Waals surface area contributed by atoms with Crippen LogP contribution in [0, 0.1) is 23.3 Å². The van der Waals surface area contributed by atoms with E-state index in [4.69, 9.17) is 0 Å². The van der Waals surface area contributed by atoms with Crippen LogP contribution in [0.5, 0.6) is 0 Å². The molecular weight excluding hydrogens is 473 g/mol. The van der Waals surface area contributed by atoms with Gasteiger partial charge in [-0.1, -0.05) is 0 Å². The number of amides is 1. The van der Waals surface area contributed by atoms with E-state index in [2.05, 4.69) is 4.98 Å². The van der Waals surface area contributed by atoms with E-state index < -0.39 is 68.6 Å². The van der Waals surface area contributed by atoms with Crippen LogP contribution >= 0.6 is 0 Å². The maximum absolute atomic E-state index is 14.6. The highest BCUT2D eigenvalue weighted by molar-refractivity contribution is 5.97. The highest BCUT2D eigenvalue weighted by atomic mass is 19.4. The molecule has 0 saturated carbocycles. The number of pyridine rings is 2. The number of anilines is 1. The second-order valence-electron chi connectivity index (χ2n) is 8.10. The van der Waals surface area contributed by atoms with Gasteiger partial charge in [-0.15, -0.1) is 0 Å². The third-order valence-electron chi connectivity index (χ3n) is 4.94. The molecule has 0 aliphatic heterocycles. The summed E-state index contributed by atoms with van der Waals surface area (Å²) in [5, 5.41) is 0.983. The van der Waals surface area contributed by atoms with E-state index in [1.54, 1.807) is 5.32 Å². The van der Waals surface area contributed by atoms with Crippen molar-refractivity contribution >= 4 is 22.8 Å². The standard InChI is InChI=1S/C21H17F7N4O2/c1-20(2,21(26,27)28)30-19(34)11-8-32(15-12(23)5-9(22)6-13(15)24)17-10(16(11)33)7-14(25)18(29-17)31(3)4/h5-8H,1-4H3,(H,30,34). The third-order valence-corrected chi connectivity index (χ3v) is 4.94. The average Bonchev–Trinajstić information content (AvgIpc) is 2.67. The van der Waals surface area contributed by atoms with Gasteiger partial charge in [0.2, 0.25) is 5.43 Å². The van der Waals surface area contributed by atoms with Crippen LogP contribution in [0.2, 0.25) is 0 Å². The molecule has 2 aromatic heterocycles. The van der Waals surface area contributed by atoms with Crippen molar-refractivity contribution in [2.75, 3.05) is 19.0 Å². The Bertz CT molecular complexity index is 1340. The summed E-state index contributed by atoms with van der Waals surface area (Å²) < 4.78 is 97.4. The molecule has 3 rings (SSSR count). The van der Waals surface area contributed by atoms with Crippen LogP contribution in [0.15, 0.2) is 29.2 Å². The van der Waals surface area contributed by atoms with Crippen LogP contribution in [0.4, 0.5) is 36.6 Å². The molecule has 1 aromatic carbocycles. The predicted octanol–water partition coefficient (Wildman–Crippen LogP) is 4.08. The van der Waals surface area contributed by atoms with Crippen LogP contribution < -0.4 is 15.6 Å². The zero-order valence-corrected chi connectivity index (χ0v) is 18.1. The number of carbonyl (C=O) groups excluding carboxylic acids is 1. The first kappa shape index (κ1) is 25.0. The van der Waals surface area contributed by atoms with Gasteiger partial charge >= 0.3 is 6.18 Å². The summed E-state index contributed by atoms with van der Waals surface area (Å²) in [6, 6.07) is 1.26. The fourth-order valence-corrected chi connectivity index (χ4v) is 3.05. The summed E-state index contributed by atoms with van der Waals surface area (Å²) in [5.74, 6) is -7.15. The van der Waals surface area contributed by atoms with Gasteiger partial charge < -0.3 is 10.2 Å². The Morgan fingerprint density at radius 2 is 1.56 bits per heavy atom. The van der Waals surface area contributed by atoms with E-state index in [0.29, 0.717) is 42.8 Å². The first-order valence-electron chi connectivity index (χ1n) is 9.52. The number of aromatic nitrogens is 2. The molecular formula is C21H17F7N4O2. The molecule has 34 heavy (non-hydrogen) atoms. The summed E-state index contributed by atoms with van der Waals surface area (Å²) in [4.78, 5) is 30.7. The van der Waals surface area contributed by atoms with Crippen LogP contribution in [0.1, 0.15) is 24.2 Å². The van der Waals surface area contributed by atoms with Gasteiger partial charge in [-0.05, 0) is 19.9 Å². The summed E-state index contributed by atoms with van der Waals surface area (Å²) in [6.45, 7) is 1.27. The minimum atomic E-state index is -4.91. The molecule has 0 aliphatic rings. The Labute approximate surface area is 187 Å². The molecule has 0 fully saturated rings. The van der Waals surface area contributed by atoms with Crippen LogP contribution in [-0.2, 0) is 0 Å². The number of carbonyl (C=O) groups is 1. The number of rotatable bonds is 4. The fraction of sp³-hybridized carbons (Fsp3) is 0.286. The summed E-state index contributed by atoms with van der Waals surface area (Å²) >= 11 is 0. The van der Waals surface area contributed by atoms with E-state index in [1.165, 1.54) is 19.0 Å². The minimum Gasteiger partial charge on any atom is -0.360 e. The molecule has 0 saturated heterocycles. The zero-order valence-electron chi connectivity index (χ0n) is 18.1. The van der Waals surface area contributed by atoms with Gasteiger partial charge in [-0.3, -0.25) is 14.2 Å². The quantitative estimate of drug-likeness (QED) is 0.560. The minimum absolute atomic E-state index is 0.311. The van der Waals surface area contributed by atoms with Crippen molar-refractivity contribution in [3.8, 4) is 5.69 Å². The maximum Gasteiger partial charge on any atom is 0.410 e. The van der Waals surface area contributed by atoms with E-state index >= 15 is 0 Å². The van der Waals surface area contributed by atoms with Crippen molar-refractivity contribution in [1.82, 2.24) is 14.9 Å². The van der Waals surface area contributed by atoms with Gasteiger partial charge in [-0.2, -0.15) is 13.2 Å². The van der Waals surface area contributed by atoms with Gasteiger partial charge in [0.05, 0.1) is 5.39 Å². The lowest BCUT2D eigenvalue weighted by molar-refractivity contribution is -0.182. The Balaban J connectivity index is 2.40. The number of halogens is 7. The fourth-order valence-electron chi connectivity index (χ4n) is 3.05. The SMILES string of the molecule is CN(C)c1nc2c(cc1F)c(=O)c(C(=O)NC(C)(C)C(F)(F)F)cn2-c1c(F)cc(F)cc1F. The Morgan fingerprint density at radius 1 is 1.00 bits per heavy atom. The first-order chi connectivity index (χ1) is 15.5. The van der Waals surface area contributed by atoms with Gasteiger partial charge in [-0.25, -0.2) is 22.5 Å². The molecule has 1 N–H and O–H groups in total. The van der Waals surface area contributed by atoms with Gasteiger partial charge in [0, 0.05) is 32.4 Å². The highest BCUT2D eigenvalue weighted by Gasteiger charge is 2.48. The van der Waals surface area contributed by atoms with Crippen molar-refractivity contribution < 1.29 is 35.5 Å². The molecule has 0 spiro atoms. The lowest BCUT2D eigenvalue weighted by Gasteiger charge is -2.29. The van der Waals surface area contributed by atoms with Crippen LogP contribution in [0.25, 0.3) is 16.7 Å². The summed E-state index contributed by atoms with van der Waals surface area (Å²) in [7, 11) is 2.78. The molecule has 2 heterocycles. The maximum atomic E-state index is 14.6. The average molecular weight is 490 g/mol. The molecule has 0 radical (unpaired) electrons. The van der Waals surface area contributed by atoms with E-state index in [9.17, 15) is 40.3 Å². The molecule has 3 aromatic rings. The second-order valence-corrected chi connectivity index (χ2v) is 8.10. The molecule has 182 valence electrons. The Morgan fingerprint density at radius 3 is 2.06 bits per heavy atom. The summed E-state index contributed by atoms with van der Waals surface area (Å²) in [5.41, 5.74) is -6.51. The van der Waals surface area contributed by atoms with Gasteiger partial charge in [0.1, 0.15) is 22.6 Å². The van der Waals surface area contributed by atoms with Crippen molar-refractivity contribution in [3.63, 3.8) is 0 Å². The second kappa shape index (κ2) is 8.29. The monoisotopic (exact) mass is 490 g/mol. The van der Waals surface area contributed by atoms with E-state index in [0.717, 1.165) is 0 Å². The summed E-state index contributed by atoms with van der Waals surface area (Å²) in [6.07, 6.45) is -4.35. The Hall–Kier alpha value is -3.64. The normalized spacial score (nSPS) is 12.2. The number of hydrogen-bond acceptors (Lipinski definition) is 4. The first-order valence-corrected chi connectivity index (χ1v) is 9.52. The molecule has 1 amide bonds. The largest absolute Gasteiger partial charge is 0.410 e. The van der Waals surface area contributed by atoms with Crippen molar-refractivity contribution in [1.29, 1.82) is 0 Å². The van der Waals surface area contributed by atoms with Crippen LogP contribution in [0.3, 0.4) is 0 Å². The smallest absolute Gasteiger partial charge is 0.360 e. The van der Waals surface area contributed by atoms with Crippen molar-refractivity contribution in [3.05, 3.63) is 63.5 Å². The highest BCUT2D eigenvalue weighted by Crippen LogP contribution is 2.30. The van der Waals surface area contributed by atoms with Crippen LogP contribution in [-0.4, -0.2) is 41.3 Å². The predicted molar refractivity (Wildman–Crippen MR) is 109 cm³/mol. The number of benzene rings is 1. The molecule has 0 bridgehead atoms. The molecule has 6 nitrogen and oxygen atoms in total. The van der Waals surface area contributed by atoms with E-state index in [1.807, 2.05) is 0 Å².